The summed E-state index contributed by atoms with van der Waals surface area (Å²) in [5.74, 6) is -0.717. The number of nitrogens with zero attached hydrogens (tertiary/aromatic N) is 1. The maximum absolute atomic E-state index is 12.8. The van der Waals surface area contributed by atoms with E-state index in [-0.39, 0.29) is 24.7 Å². The fraction of sp³-hybridized carbons (Fsp3) is 0.292. The van der Waals surface area contributed by atoms with Gasteiger partial charge in [0, 0.05) is 5.57 Å². The maximum Gasteiger partial charge on any atom is 0.333 e. The molecule has 3 unspecified atom stereocenters. The van der Waals surface area contributed by atoms with E-state index in [1.165, 1.54) is 4.90 Å². The first-order valence-electron chi connectivity index (χ1n) is 10.4. The smallest absolute Gasteiger partial charge is 0.333 e. The third-order valence-corrected chi connectivity index (χ3v) is 7.32. The summed E-state index contributed by atoms with van der Waals surface area (Å²) < 4.78 is 23.2. The lowest BCUT2D eigenvalue weighted by Crippen LogP contribution is -2.78. The van der Waals surface area contributed by atoms with Crippen molar-refractivity contribution in [2.45, 2.75) is 30.5 Å². The van der Waals surface area contributed by atoms with Crippen LogP contribution in [0.15, 0.2) is 66.7 Å². The standard InChI is InChI=1S/C24H24N2O6S/c1-15-14-33(30)23-20(25-19(27)12-16-6-4-3-5-7-16)22(28)26(23)21(15)24(29)32-13-17-8-10-18(31-2)11-9-17/h3-11,20-21,23H,1,12-14H2,2H3,(H,25,27)/t20?,21?,23-,33?/m1/s1. The molecule has 0 radical (unpaired) electrons. The van der Waals surface area contributed by atoms with Gasteiger partial charge in [0.1, 0.15) is 18.1 Å². The van der Waals surface area contributed by atoms with E-state index in [1.807, 2.05) is 30.3 Å². The molecule has 2 aromatic carbocycles. The molecule has 2 saturated heterocycles. The van der Waals surface area contributed by atoms with E-state index in [1.54, 1.807) is 31.4 Å². The summed E-state index contributed by atoms with van der Waals surface area (Å²) in [6.45, 7) is 3.86. The zero-order valence-electron chi connectivity index (χ0n) is 18.1. The van der Waals surface area contributed by atoms with Crippen molar-refractivity contribution in [1.29, 1.82) is 0 Å². The van der Waals surface area contributed by atoms with E-state index in [0.29, 0.717) is 11.3 Å². The molecule has 2 aromatic rings. The average molecular weight is 469 g/mol. The molecule has 33 heavy (non-hydrogen) atoms. The molecule has 0 spiro atoms. The number of nitrogens with one attached hydrogen (secondary N) is 1. The molecule has 2 aliphatic rings. The number of benzene rings is 2. The van der Waals surface area contributed by atoms with Gasteiger partial charge in [0.2, 0.25) is 11.3 Å². The van der Waals surface area contributed by atoms with Gasteiger partial charge in [-0.2, -0.15) is 0 Å². The number of β-lactam (4-membered cyclic amide) rings is 1. The molecule has 2 amide bonds. The van der Waals surface area contributed by atoms with Crippen molar-refractivity contribution in [2.24, 2.45) is 0 Å². The van der Waals surface area contributed by atoms with Crippen LogP contribution in [0.2, 0.25) is 0 Å². The highest BCUT2D eigenvalue weighted by Crippen LogP contribution is 2.36. The summed E-state index contributed by atoms with van der Waals surface area (Å²) >= 11 is -1.48. The van der Waals surface area contributed by atoms with Crippen LogP contribution in [0.1, 0.15) is 11.1 Å². The van der Waals surface area contributed by atoms with Crippen molar-refractivity contribution in [2.75, 3.05) is 12.9 Å². The van der Waals surface area contributed by atoms with Gasteiger partial charge in [-0.15, -0.1) is 0 Å². The predicted octanol–water partition coefficient (Wildman–Crippen LogP) is 1.32. The monoisotopic (exact) mass is 468 g/mol. The second kappa shape index (κ2) is 9.68. The van der Waals surface area contributed by atoms with Gasteiger partial charge in [-0.05, 0) is 34.4 Å². The second-order valence-corrected chi connectivity index (χ2v) is 9.42. The molecule has 0 bridgehead atoms. The fourth-order valence-corrected chi connectivity index (χ4v) is 5.62. The van der Waals surface area contributed by atoms with Crippen LogP contribution in [0.4, 0.5) is 0 Å². The number of fused-ring (bicyclic) bond motifs is 1. The molecular formula is C24H24N2O6S. The van der Waals surface area contributed by atoms with E-state index >= 15 is 0 Å². The molecule has 1 N–H and O–H groups in total. The minimum atomic E-state index is -1.48. The highest BCUT2D eigenvalue weighted by atomic mass is 32.2. The molecule has 172 valence electrons. The van der Waals surface area contributed by atoms with Gasteiger partial charge < -0.3 is 19.3 Å². The summed E-state index contributed by atoms with van der Waals surface area (Å²) in [7, 11) is 1.56. The molecule has 4 atom stereocenters. The Kier molecular flexibility index (Phi) is 6.71. The predicted molar refractivity (Wildman–Crippen MR) is 121 cm³/mol. The number of ether oxygens (including phenoxy) is 2. The molecule has 0 aromatic heterocycles. The van der Waals surface area contributed by atoms with Crippen LogP contribution < -0.4 is 10.1 Å². The molecule has 9 heteroatoms. The average Bonchev–Trinajstić information content (AvgIpc) is 2.81. The Bertz CT molecular complexity index is 1060. The third-order valence-electron chi connectivity index (χ3n) is 5.63. The van der Waals surface area contributed by atoms with Crippen LogP contribution in [-0.2, 0) is 43.3 Å². The summed E-state index contributed by atoms with van der Waals surface area (Å²) in [4.78, 5) is 39.3. The van der Waals surface area contributed by atoms with Gasteiger partial charge in [-0.3, -0.25) is 14.5 Å². The van der Waals surface area contributed by atoms with Crippen LogP contribution >= 0.6 is 0 Å². The van der Waals surface area contributed by atoms with E-state index in [9.17, 15) is 18.9 Å². The minimum Gasteiger partial charge on any atom is -0.614 e. The van der Waals surface area contributed by atoms with Gasteiger partial charge in [0.15, 0.2) is 12.1 Å². The second-order valence-electron chi connectivity index (χ2n) is 7.89. The van der Waals surface area contributed by atoms with Crippen molar-refractivity contribution >= 4 is 29.0 Å². The summed E-state index contributed by atoms with van der Waals surface area (Å²) in [6, 6.07) is 14.2. The van der Waals surface area contributed by atoms with Crippen LogP contribution in [0.3, 0.4) is 0 Å². The number of carbonyl (C=O) groups excluding carboxylic acids is 3. The van der Waals surface area contributed by atoms with E-state index < -0.39 is 40.5 Å². The Balaban J connectivity index is 1.40. The van der Waals surface area contributed by atoms with E-state index in [0.717, 1.165) is 11.1 Å². The molecule has 0 aliphatic carbocycles. The zero-order valence-corrected chi connectivity index (χ0v) is 18.9. The lowest BCUT2D eigenvalue weighted by molar-refractivity contribution is -0.164. The Morgan fingerprint density at radius 3 is 2.52 bits per heavy atom. The summed E-state index contributed by atoms with van der Waals surface area (Å²) in [6.07, 6.45) is 0.101. The lowest BCUT2D eigenvalue weighted by atomic mass is 9.98. The van der Waals surface area contributed by atoms with Crippen molar-refractivity contribution in [3.05, 3.63) is 77.9 Å². The first kappa shape index (κ1) is 22.9. The number of methoxy groups -OCH3 is 1. The number of carbonyl (C=O) groups is 3. The van der Waals surface area contributed by atoms with Crippen molar-refractivity contribution < 1.29 is 28.4 Å². The highest BCUT2D eigenvalue weighted by Gasteiger charge is 2.63. The summed E-state index contributed by atoms with van der Waals surface area (Å²) in [5, 5.41) is 1.88. The van der Waals surface area contributed by atoms with Crippen LogP contribution in [0.5, 0.6) is 5.75 Å². The van der Waals surface area contributed by atoms with Crippen molar-refractivity contribution in [1.82, 2.24) is 10.2 Å². The molecule has 2 heterocycles. The normalized spacial score (nSPS) is 23.9. The number of amides is 2. The van der Waals surface area contributed by atoms with Crippen LogP contribution in [-0.4, -0.2) is 57.6 Å². The Labute approximate surface area is 194 Å². The molecule has 8 nitrogen and oxygen atoms in total. The minimum absolute atomic E-state index is 0.0135. The highest BCUT2D eigenvalue weighted by molar-refractivity contribution is 7.92. The van der Waals surface area contributed by atoms with Crippen LogP contribution in [0, 0.1) is 0 Å². The maximum atomic E-state index is 12.8. The molecule has 4 rings (SSSR count). The van der Waals surface area contributed by atoms with Gasteiger partial charge in [0.05, 0.1) is 13.5 Å². The largest absolute Gasteiger partial charge is 0.614 e. The molecule has 0 saturated carbocycles. The number of rotatable bonds is 7. The SMILES string of the molecule is C=C1C[S+]([O-])[C@@H]2C(NC(=O)Cc3ccccc3)C(=O)N2C1C(=O)OCc1ccc(OC)cc1. The molecule has 2 aliphatic heterocycles. The molecular weight excluding hydrogens is 444 g/mol. The van der Waals surface area contributed by atoms with Crippen molar-refractivity contribution in [3.63, 3.8) is 0 Å². The first-order chi connectivity index (χ1) is 15.9. The number of hydrogen-bond acceptors (Lipinski definition) is 6. The van der Waals surface area contributed by atoms with Crippen molar-refractivity contribution in [3.8, 4) is 5.75 Å². The van der Waals surface area contributed by atoms with Gasteiger partial charge in [0.25, 0.3) is 5.91 Å². The Morgan fingerprint density at radius 1 is 1.15 bits per heavy atom. The van der Waals surface area contributed by atoms with Gasteiger partial charge in [-0.1, -0.05) is 49.0 Å². The Hall–Kier alpha value is -3.30. The Morgan fingerprint density at radius 2 is 1.85 bits per heavy atom. The fourth-order valence-electron chi connectivity index (χ4n) is 3.96. The molecule has 2 fully saturated rings. The lowest BCUT2D eigenvalue weighted by Gasteiger charge is -2.52. The van der Waals surface area contributed by atoms with Crippen LogP contribution in [0.25, 0.3) is 0 Å². The van der Waals surface area contributed by atoms with E-state index in [2.05, 4.69) is 11.9 Å². The zero-order chi connectivity index (χ0) is 23.5. The summed E-state index contributed by atoms with van der Waals surface area (Å²) in [5.41, 5.74) is 1.91. The van der Waals surface area contributed by atoms with E-state index in [4.69, 9.17) is 9.47 Å². The van der Waals surface area contributed by atoms with Gasteiger partial charge >= 0.3 is 5.97 Å². The topological polar surface area (TPSA) is 108 Å². The van der Waals surface area contributed by atoms with Gasteiger partial charge in [-0.25, -0.2) is 4.79 Å². The first-order valence-corrected chi connectivity index (χ1v) is 11.8. The number of hydrogen-bond donors (Lipinski definition) is 1. The number of esters is 1. The third kappa shape index (κ3) is 4.74. The quantitative estimate of drug-likeness (QED) is 0.284.